The molecule has 1 heterocycles. The van der Waals surface area contributed by atoms with Crippen LogP contribution in [0.2, 0.25) is 0 Å². The molecule has 0 aliphatic heterocycles. The lowest BCUT2D eigenvalue weighted by atomic mass is 10.2. The Bertz CT molecular complexity index is 484. The topological polar surface area (TPSA) is 32.3 Å². The van der Waals surface area contributed by atoms with Crippen molar-refractivity contribution in [1.29, 1.82) is 0 Å². The number of hydrogen-bond donors (Lipinski definition) is 2. The fourth-order valence-corrected chi connectivity index (χ4v) is 2.59. The monoisotopic (exact) mass is 311 g/mol. The van der Waals surface area contributed by atoms with Crippen LogP contribution in [0, 0.1) is 6.92 Å². The predicted molar refractivity (Wildman–Crippen MR) is 76.6 cm³/mol. The van der Waals surface area contributed by atoms with Gasteiger partial charge in [0.05, 0.1) is 0 Å². The first-order valence-corrected chi connectivity index (χ1v) is 7.05. The third-order valence-electron chi connectivity index (χ3n) is 2.54. The van der Waals surface area contributed by atoms with Crippen LogP contribution in [0.4, 0.5) is 5.69 Å². The third-order valence-corrected chi connectivity index (χ3v) is 4.37. The highest BCUT2D eigenvalue weighted by atomic mass is 79.9. The number of halogens is 1. The average molecular weight is 312 g/mol. The molecule has 90 valence electrons. The third kappa shape index (κ3) is 3.31. The summed E-state index contributed by atoms with van der Waals surface area (Å²) >= 11 is 5.06. The second-order valence-electron chi connectivity index (χ2n) is 3.88. The van der Waals surface area contributed by atoms with E-state index in [0.29, 0.717) is 6.54 Å². The van der Waals surface area contributed by atoms with Gasteiger partial charge >= 0.3 is 0 Å². The molecule has 2 rings (SSSR count). The number of benzene rings is 1. The maximum atomic E-state index is 9.93. The summed E-state index contributed by atoms with van der Waals surface area (Å²) < 4.78 is 1.08. The van der Waals surface area contributed by atoms with Gasteiger partial charge in [0.15, 0.2) is 0 Å². The molecular weight excluding hydrogens is 298 g/mol. The largest absolute Gasteiger partial charge is 0.386 e. The Morgan fingerprint density at radius 3 is 2.88 bits per heavy atom. The zero-order valence-electron chi connectivity index (χ0n) is 9.48. The molecule has 0 bridgehead atoms. The normalized spacial score (nSPS) is 12.4. The highest BCUT2D eigenvalue weighted by Crippen LogP contribution is 2.22. The molecule has 0 aliphatic rings. The van der Waals surface area contributed by atoms with Crippen molar-refractivity contribution in [3.05, 3.63) is 50.6 Å². The number of nitrogens with one attached hydrogen (secondary N) is 1. The quantitative estimate of drug-likeness (QED) is 0.895. The molecule has 17 heavy (non-hydrogen) atoms. The Morgan fingerprint density at radius 1 is 1.41 bits per heavy atom. The number of rotatable bonds is 4. The van der Waals surface area contributed by atoms with Gasteiger partial charge in [-0.05, 0) is 36.1 Å². The van der Waals surface area contributed by atoms with E-state index >= 15 is 0 Å². The summed E-state index contributed by atoms with van der Waals surface area (Å²) in [6.45, 7) is 2.57. The Kier molecular flexibility index (Phi) is 4.20. The highest BCUT2D eigenvalue weighted by molar-refractivity contribution is 9.10. The summed E-state index contributed by atoms with van der Waals surface area (Å²) in [5.74, 6) is 0. The van der Waals surface area contributed by atoms with Gasteiger partial charge < -0.3 is 10.4 Å². The van der Waals surface area contributed by atoms with Crippen LogP contribution in [0.1, 0.15) is 16.5 Å². The van der Waals surface area contributed by atoms with Gasteiger partial charge in [-0.2, -0.15) is 0 Å². The van der Waals surface area contributed by atoms with Crippen LogP contribution in [0.3, 0.4) is 0 Å². The molecule has 0 fully saturated rings. The fourth-order valence-electron chi connectivity index (χ4n) is 1.50. The summed E-state index contributed by atoms with van der Waals surface area (Å²) in [4.78, 5) is 0.990. The minimum atomic E-state index is -0.449. The van der Waals surface area contributed by atoms with Gasteiger partial charge in [-0.15, -0.1) is 11.3 Å². The van der Waals surface area contributed by atoms with Gasteiger partial charge in [-0.3, -0.25) is 0 Å². The molecule has 0 amide bonds. The SMILES string of the molecule is Cc1ccc(NCC(O)c2cccs2)cc1Br. The standard InChI is InChI=1S/C13H14BrNOS/c1-9-4-5-10(7-11(9)14)15-8-12(16)13-3-2-6-17-13/h2-7,12,15-16H,8H2,1H3. The van der Waals surface area contributed by atoms with Crippen molar-refractivity contribution in [2.45, 2.75) is 13.0 Å². The van der Waals surface area contributed by atoms with E-state index < -0.39 is 6.10 Å². The van der Waals surface area contributed by atoms with Gasteiger partial charge in [-0.1, -0.05) is 28.1 Å². The zero-order chi connectivity index (χ0) is 12.3. The fraction of sp³-hybridized carbons (Fsp3) is 0.231. The molecule has 2 nitrogen and oxygen atoms in total. The summed E-state index contributed by atoms with van der Waals surface area (Å²) in [6.07, 6.45) is -0.449. The second kappa shape index (κ2) is 5.67. The Labute approximate surface area is 113 Å². The summed E-state index contributed by atoms with van der Waals surface area (Å²) in [7, 11) is 0. The van der Waals surface area contributed by atoms with Gasteiger partial charge in [-0.25, -0.2) is 0 Å². The van der Waals surface area contributed by atoms with Crippen molar-refractivity contribution in [1.82, 2.24) is 0 Å². The van der Waals surface area contributed by atoms with Crippen LogP contribution in [0.5, 0.6) is 0 Å². The van der Waals surface area contributed by atoms with E-state index in [0.717, 1.165) is 15.0 Å². The zero-order valence-corrected chi connectivity index (χ0v) is 11.9. The molecule has 1 unspecified atom stereocenters. The smallest absolute Gasteiger partial charge is 0.105 e. The molecule has 0 spiro atoms. The lowest BCUT2D eigenvalue weighted by Gasteiger charge is -2.12. The molecule has 4 heteroatoms. The van der Waals surface area contributed by atoms with Crippen molar-refractivity contribution in [3.63, 3.8) is 0 Å². The first-order valence-electron chi connectivity index (χ1n) is 5.38. The summed E-state index contributed by atoms with van der Waals surface area (Å²) in [6, 6.07) is 9.98. The Morgan fingerprint density at radius 2 is 2.24 bits per heavy atom. The maximum Gasteiger partial charge on any atom is 0.105 e. The van der Waals surface area contributed by atoms with Crippen LogP contribution in [0.25, 0.3) is 0 Å². The van der Waals surface area contributed by atoms with Crippen molar-refractivity contribution < 1.29 is 5.11 Å². The van der Waals surface area contributed by atoms with E-state index in [1.807, 2.05) is 42.6 Å². The second-order valence-corrected chi connectivity index (χ2v) is 5.71. The van der Waals surface area contributed by atoms with Gasteiger partial charge in [0, 0.05) is 21.6 Å². The van der Waals surface area contributed by atoms with Crippen molar-refractivity contribution in [2.24, 2.45) is 0 Å². The lowest BCUT2D eigenvalue weighted by molar-refractivity contribution is 0.195. The van der Waals surface area contributed by atoms with Crippen LogP contribution < -0.4 is 5.32 Å². The van der Waals surface area contributed by atoms with Crippen LogP contribution in [-0.4, -0.2) is 11.7 Å². The highest BCUT2D eigenvalue weighted by Gasteiger charge is 2.08. The first-order chi connectivity index (χ1) is 8.16. The van der Waals surface area contributed by atoms with Crippen LogP contribution in [0.15, 0.2) is 40.2 Å². The Hall–Kier alpha value is -0.840. The van der Waals surface area contributed by atoms with Crippen LogP contribution in [-0.2, 0) is 0 Å². The molecule has 0 aliphatic carbocycles. The molecule has 1 aromatic heterocycles. The number of hydrogen-bond acceptors (Lipinski definition) is 3. The molecule has 0 saturated heterocycles. The number of aliphatic hydroxyl groups is 1. The molecule has 0 saturated carbocycles. The molecule has 2 aromatic rings. The van der Waals surface area contributed by atoms with Crippen molar-refractivity contribution in [3.8, 4) is 0 Å². The minimum absolute atomic E-state index is 0.449. The number of anilines is 1. The number of thiophene rings is 1. The van der Waals surface area contributed by atoms with Gasteiger partial charge in [0.2, 0.25) is 0 Å². The molecule has 1 atom stereocenters. The molecule has 2 N–H and O–H groups in total. The number of aryl methyl sites for hydroxylation is 1. The van der Waals surface area contributed by atoms with E-state index in [-0.39, 0.29) is 0 Å². The summed E-state index contributed by atoms with van der Waals surface area (Å²) in [5, 5.41) is 15.1. The molecule has 0 radical (unpaired) electrons. The van der Waals surface area contributed by atoms with E-state index in [4.69, 9.17) is 0 Å². The van der Waals surface area contributed by atoms with Crippen molar-refractivity contribution >= 4 is 33.0 Å². The van der Waals surface area contributed by atoms with E-state index in [9.17, 15) is 5.11 Å². The minimum Gasteiger partial charge on any atom is -0.386 e. The van der Waals surface area contributed by atoms with E-state index in [1.165, 1.54) is 5.56 Å². The lowest BCUT2D eigenvalue weighted by Crippen LogP contribution is -2.10. The first kappa shape index (κ1) is 12.6. The molecular formula is C13H14BrNOS. The number of aliphatic hydroxyl groups excluding tert-OH is 1. The average Bonchev–Trinajstić information content (AvgIpc) is 2.84. The maximum absolute atomic E-state index is 9.93. The van der Waals surface area contributed by atoms with Gasteiger partial charge in [0.25, 0.3) is 0 Å². The van der Waals surface area contributed by atoms with Crippen LogP contribution >= 0.6 is 27.3 Å². The summed E-state index contributed by atoms with van der Waals surface area (Å²) in [5.41, 5.74) is 2.22. The van der Waals surface area contributed by atoms with E-state index in [2.05, 4.69) is 21.2 Å². The van der Waals surface area contributed by atoms with Gasteiger partial charge in [0.1, 0.15) is 6.10 Å². The Balaban J connectivity index is 1.96. The predicted octanol–water partition coefficient (Wildman–Crippen LogP) is 3.96. The van der Waals surface area contributed by atoms with E-state index in [1.54, 1.807) is 11.3 Å². The molecule has 1 aromatic carbocycles. The van der Waals surface area contributed by atoms with Crippen molar-refractivity contribution in [2.75, 3.05) is 11.9 Å².